The summed E-state index contributed by atoms with van der Waals surface area (Å²) in [4.78, 5) is 30.4. The van der Waals surface area contributed by atoms with Gasteiger partial charge in [-0.05, 0) is 44.4 Å². The molecular weight excluding hydrogens is 651 g/mol. The van der Waals surface area contributed by atoms with E-state index in [-0.39, 0.29) is 11.9 Å². The molecular formula is C36H40Cl2N6O4. The Kier molecular flexibility index (Phi) is 11.1. The van der Waals surface area contributed by atoms with E-state index in [2.05, 4.69) is 20.6 Å². The fourth-order valence-corrected chi connectivity index (χ4v) is 7.12. The van der Waals surface area contributed by atoms with Crippen molar-refractivity contribution < 1.29 is 19.0 Å². The van der Waals surface area contributed by atoms with E-state index in [0.29, 0.717) is 75.7 Å². The summed E-state index contributed by atoms with van der Waals surface area (Å²) in [6.45, 7) is 1.36. The maximum Gasteiger partial charge on any atom is 0.237 e. The maximum atomic E-state index is 11.5. The van der Waals surface area contributed by atoms with Crippen molar-refractivity contribution in [3.63, 3.8) is 0 Å². The Morgan fingerprint density at radius 1 is 0.854 bits per heavy atom. The highest BCUT2D eigenvalue weighted by molar-refractivity contribution is 6.39. The molecule has 1 aliphatic heterocycles. The van der Waals surface area contributed by atoms with Gasteiger partial charge >= 0.3 is 0 Å². The molecule has 12 heteroatoms. The van der Waals surface area contributed by atoms with Crippen LogP contribution in [0.25, 0.3) is 33.6 Å². The van der Waals surface area contributed by atoms with Crippen LogP contribution in [-0.4, -0.2) is 65.9 Å². The number of carbonyl (C=O) groups excluding carboxylic acids is 1. The minimum atomic E-state index is 0.126. The molecule has 2 N–H and O–H groups in total. The summed E-state index contributed by atoms with van der Waals surface area (Å²) >= 11 is 14.1. The normalized spacial score (nSPS) is 18.8. The van der Waals surface area contributed by atoms with Gasteiger partial charge in [0, 0.05) is 61.0 Å². The molecule has 3 heterocycles. The molecule has 2 aliphatic rings. The summed E-state index contributed by atoms with van der Waals surface area (Å²) in [6.07, 6.45) is 9.55. The first-order valence-corrected chi connectivity index (χ1v) is 17.0. The fourth-order valence-electron chi connectivity index (χ4n) is 6.47. The topological polar surface area (TPSA) is 120 Å². The van der Waals surface area contributed by atoms with Crippen LogP contribution in [0.3, 0.4) is 0 Å². The number of nitrogens with one attached hydrogen (secondary N) is 2. The third-order valence-corrected chi connectivity index (χ3v) is 9.91. The number of aryl methyl sites for hydroxylation is 1. The van der Waals surface area contributed by atoms with Gasteiger partial charge in [0.05, 0.1) is 48.0 Å². The van der Waals surface area contributed by atoms with Crippen LogP contribution in [0.15, 0.2) is 48.8 Å². The van der Waals surface area contributed by atoms with E-state index in [4.69, 9.17) is 47.4 Å². The van der Waals surface area contributed by atoms with Gasteiger partial charge in [-0.2, -0.15) is 0 Å². The third kappa shape index (κ3) is 7.57. The van der Waals surface area contributed by atoms with E-state index >= 15 is 0 Å². The van der Waals surface area contributed by atoms with Crippen molar-refractivity contribution in [1.29, 1.82) is 0 Å². The second-order valence-electron chi connectivity index (χ2n) is 12.3. The number of rotatable bonds is 14. The molecule has 2 aromatic carbocycles. The average molecular weight is 692 g/mol. The van der Waals surface area contributed by atoms with Crippen LogP contribution in [0.5, 0.6) is 11.8 Å². The fraction of sp³-hybridized carbons (Fsp3) is 0.417. The second-order valence-corrected chi connectivity index (χ2v) is 13.1. The molecule has 1 amide bonds. The highest BCUT2D eigenvalue weighted by Gasteiger charge is 2.29. The lowest BCUT2D eigenvalue weighted by Crippen LogP contribution is -2.42. The minimum Gasteiger partial charge on any atom is -0.480 e. The molecule has 6 rings (SSSR count). The van der Waals surface area contributed by atoms with Crippen LogP contribution < -0.4 is 20.1 Å². The van der Waals surface area contributed by atoms with Crippen molar-refractivity contribution in [2.45, 2.75) is 63.6 Å². The highest BCUT2D eigenvalue weighted by Crippen LogP contribution is 2.42. The Bertz CT molecular complexity index is 1770. The summed E-state index contributed by atoms with van der Waals surface area (Å²) in [6, 6.07) is 12.2. The van der Waals surface area contributed by atoms with E-state index in [1.54, 1.807) is 33.7 Å². The minimum absolute atomic E-state index is 0.126. The van der Waals surface area contributed by atoms with Crippen LogP contribution in [-0.2, 0) is 22.5 Å². The van der Waals surface area contributed by atoms with Crippen molar-refractivity contribution >= 4 is 29.1 Å². The standard InChI is InChI=1S/C36H40Cl2N6O4/c1-46-20-21-15-23(16-21)39-19-31-36(48-3)44-30(18-41-31)27-11-6-9-25(34(27)38)24-8-5-10-26(33(24)37)29-17-40-28(35(43-29)47-2)12-4-7-22-13-14-32(45)42-22/h5-6,8-11,17-18,21-23,39H,4,7,12-16,19-20H2,1-3H3,(H,42,45)/t21?,22-,23?/m1/s1. The quantitative estimate of drug-likeness (QED) is 0.149. The SMILES string of the molecule is COCC1CC(NCc2ncc(-c3cccc(-c4cccc(-c5cnc(CCC[C@@H]6CCC(=O)N6)c(OC)n5)c4Cl)c3Cl)nc2OC)C1. The molecule has 1 saturated heterocycles. The first-order valence-electron chi connectivity index (χ1n) is 16.3. The predicted octanol–water partition coefficient (Wildman–Crippen LogP) is 6.71. The van der Waals surface area contributed by atoms with Crippen LogP contribution in [0.1, 0.15) is 49.9 Å². The van der Waals surface area contributed by atoms with Crippen LogP contribution in [0, 0.1) is 5.92 Å². The summed E-state index contributed by atoms with van der Waals surface area (Å²) in [5.74, 6) is 1.65. The molecule has 4 aromatic rings. The second kappa shape index (κ2) is 15.6. The van der Waals surface area contributed by atoms with Crippen molar-refractivity contribution in [2.24, 2.45) is 5.92 Å². The molecule has 252 valence electrons. The van der Waals surface area contributed by atoms with Gasteiger partial charge in [-0.1, -0.05) is 59.6 Å². The molecule has 1 aliphatic carbocycles. The first kappa shape index (κ1) is 34.0. The van der Waals surface area contributed by atoms with Crippen molar-refractivity contribution in [3.8, 4) is 45.4 Å². The Morgan fingerprint density at radius 3 is 2.00 bits per heavy atom. The Hall–Kier alpha value is -3.83. The molecule has 0 radical (unpaired) electrons. The van der Waals surface area contributed by atoms with E-state index in [0.717, 1.165) is 61.2 Å². The molecule has 2 aromatic heterocycles. The van der Waals surface area contributed by atoms with Gasteiger partial charge in [0.25, 0.3) is 0 Å². The van der Waals surface area contributed by atoms with Gasteiger partial charge in [-0.3, -0.25) is 14.8 Å². The largest absolute Gasteiger partial charge is 0.480 e. The zero-order valence-corrected chi connectivity index (χ0v) is 28.9. The van der Waals surface area contributed by atoms with Gasteiger partial charge < -0.3 is 24.8 Å². The molecule has 0 bridgehead atoms. The zero-order chi connectivity index (χ0) is 33.6. The summed E-state index contributed by atoms with van der Waals surface area (Å²) in [5, 5.41) is 7.55. The van der Waals surface area contributed by atoms with E-state index in [9.17, 15) is 4.79 Å². The van der Waals surface area contributed by atoms with Crippen molar-refractivity contribution in [3.05, 3.63) is 70.2 Å². The van der Waals surface area contributed by atoms with Gasteiger partial charge in [0.2, 0.25) is 17.7 Å². The number of hydrogen-bond donors (Lipinski definition) is 2. The van der Waals surface area contributed by atoms with Crippen LogP contribution in [0.2, 0.25) is 10.0 Å². The Balaban J connectivity index is 1.20. The molecule has 10 nitrogen and oxygen atoms in total. The molecule has 1 saturated carbocycles. The summed E-state index contributed by atoms with van der Waals surface area (Å²) < 4.78 is 16.5. The Morgan fingerprint density at radius 2 is 1.44 bits per heavy atom. The molecule has 2 fully saturated rings. The third-order valence-electron chi connectivity index (χ3n) is 9.10. The van der Waals surface area contributed by atoms with Gasteiger partial charge in [0.1, 0.15) is 11.4 Å². The van der Waals surface area contributed by atoms with Crippen LogP contribution >= 0.6 is 23.2 Å². The van der Waals surface area contributed by atoms with Crippen molar-refractivity contribution in [2.75, 3.05) is 27.9 Å². The lowest BCUT2D eigenvalue weighted by Gasteiger charge is -2.35. The van der Waals surface area contributed by atoms with Gasteiger partial charge in [-0.15, -0.1) is 0 Å². The number of aromatic nitrogens is 4. The van der Waals surface area contributed by atoms with Crippen LogP contribution in [0.4, 0.5) is 0 Å². The van der Waals surface area contributed by atoms with Crippen molar-refractivity contribution in [1.82, 2.24) is 30.6 Å². The highest BCUT2D eigenvalue weighted by atomic mass is 35.5. The lowest BCUT2D eigenvalue weighted by atomic mass is 9.81. The molecule has 0 unspecified atom stereocenters. The van der Waals surface area contributed by atoms with E-state index in [1.807, 2.05) is 36.4 Å². The van der Waals surface area contributed by atoms with Gasteiger partial charge in [-0.25, -0.2) is 9.97 Å². The first-order chi connectivity index (χ1) is 23.4. The maximum absolute atomic E-state index is 11.5. The number of ether oxygens (including phenoxy) is 3. The number of carbonyl (C=O) groups is 1. The lowest BCUT2D eigenvalue weighted by molar-refractivity contribution is -0.119. The number of hydrogen-bond acceptors (Lipinski definition) is 9. The number of halogens is 2. The number of amides is 1. The van der Waals surface area contributed by atoms with Gasteiger partial charge in [0.15, 0.2) is 0 Å². The smallest absolute Gasteiger partial charge is 0.237 e. The monoisotopic (exact) mass is 690 g/mol. The predicted molar refractivity (Wildman–Crippen MR) is 186 cm³/mol. The van der Waals surface area contributed by atoms with E-state index in [1.165, 1.54) is 0 Å². The number of methoxy groups -OCH3 is 3. The summed E-state index contributed by atoms with van der Waals surface area (Å²) in [5.41, 5.74) is 5.62. The number of benzene rings is 2. The summed E-state index contributed by atoms with van der Waals surface area (Å²) in [7, 11) is 4.93. The molecule has 1 atom stereocenters. The number of nitrogens with zero attached hydrogens (tertiary/aromatic N) is 4. The Labute approximate surface area is 291 Å². The molecule has 0 spiro atoms. The zero-order valence-electron chi connectivity index (χ0n) is 27.4. The average Bonchev–Trinajstić information content (AvgIpc) is 3.50. The molecule has 48 heavy (non-hydrogen) atoms. The van der Waals surface area contributed by atoms with E-state index < -0.39 is 0 Å².